The van der Waals surface area contributed by atoms with Crippen molar-refractivity contribution < 1.29 is 9.47 Å². The fraction of sp³-hybridized carbons (Fsp3) is 0.583. The maximum atomic E-state index is 5.34. The average Bonchev–Trinajstić information content (AvgIpc) is 2.35. The summed E-state index contributed by atoms with van der Waals surface area (Å²) in [7, 11) is 1.66. The molecule has 0 amide bonds. The van der Waals surface area contributed by atoms with E-state index < -0.39 is 0 Å². The molecule has 0 atom stereocenters. The van der Waals surface area contributed by atoms with Crippen LogP contribution in [0, 0.1) is 0 Å². The van der Waals surface area contributed by atoms with E-state index in [1.165, 1.54) is 0 Å². The van der Waals surface area contributed by atoms with Crippen LogP contribution < -0.4 is 10.6 Å². The van der Waals surface area contributed by atoms with E-state index in [0.717, 1.165) is 24.7 Å². The van der Waals surface area contributed by atoms with Gasteiger partial charge in [0, 0.05) is 20.2 Å². The standard InChI is InChI=1S/C12H21N3O2/c1-3-13-11-5-4-6-12(15-11)14-7-8-17-10-9-16-2/h4-6H,3,7-10H2,1-2H3,(H2,13,14,15). The van der Waals surface area contributed by atoms with Crippen molar-refractivity contribution >= 4 is 11.6 Å². The van der Waals surface area contributed by atoms with Crippen molar-refractivity contribution in [1.29, 1.82) is 0 Å². The van der Waals surface area contributed by atoms with Crippen molar-refractivity contribution in [3.63, 3.8) is 0 Å². The molecule has 5 heteroatoms. The van der Waals surface area contributed by atoms with E-state index in [1.807, 2.05) is 25.1 Å². The van der Waals surface area contributed by atoms with E-state index in [9.17, 15) is 0 Å². The summed E-state index contributed by atoms with van der Waals surface area (Å²) >= 11 is 0. The number of aromatic nitrogens is 1. The van der Waals surface area contributed by atoms with Crippen LogP contribution in [0.2, 0.25) is 0 Å². The van der Waals surface area contributed by atoms with E-state index in [-0.39, 0.29) is 0 Å². The number of hydrogen-bond acceptors (Lipinski definition) is 5. The summed E-state index contributed by atoms with van der Waals surface area (Å²) in [5.41, 5.74) is 0. The van der Waals surface area contributed by atoms with Crippen LogP contribution in [-0.2, 0) is 9.47 Å². The highest BCUT2D eigenvalue weighted by atomic mass is 16.5. The summed E-state index contributed by atoms with van der Waals surface area (Å²) in [5, 5.41) is 6.37. The average molecular weight is 239 g/mol. The molecule has 0 aliphatic heterocycles. The number of pyridine rings is 1. The first-order valence-electron chi connectivity index (χ1n) is 5.88. The molecule has 0 bridgehead atoms. The number of ether oxygens (including phenoxy) is 2. The SMILES string of the molecule is CCNc1cccc(NCCOCCOC)n1. The van der Waals surface area contributed by atoms with Crippen LogP contribution >= 0.6 is 0 Å². The number of nitrogens with zero attached hydrogens (tertiary/aromatic N) is 1. The Morgan fingerprint density at radius 2 is 1.88 bits per heavy atom. The Labute approximate surface area is 103 Å². The molecule has 96 valence electrons. The van der Waals surface area contributed by atoms with Gasteiger partial charge in [-0.25, -0.2) is 4.98 Å². The van der Waals surface area contributed by atoms with Gasteiger partial charge in [0.1, 0.15) is 11.6 Å². The van der Waals surface area contributed by atoms with Crippen LogP contribution in [0.3, 0.4) is 0 Å². The van der Waals surface area contributed by atoms with Gasteiger partial charge in [-0.3, -0.25) is 0 Å². The van der Waals surface area contributed by atoms with Crippen molar-refractivity contribution in [2.45, 2.75) is 6.92 Å². The Morgan fingerprint density at radius 3 is 2.59 bits per heavy atom. The largest absolute Gasteiger partial charge is 0.382 e. The van der Waals surface area contributed by atoms with E-state index in [0.29, 0.717) is 19.8 Å². The first-order valence-corrected chi connectivity index (χ1v) is 5.88. The quantitative estimate of drug-likeness (QED) is 0.641. The molecule has 1 heterocycles. The van der Waals surface area contributed by atoms with Gasteiger partial charge in [0.05, 0.1) is 19.8 Å². The zero-order valence-electron chi connectivity index (χ0n) is 10.5. The minimum atomic E-state index is 0.628. The summed E-state index contributed by atoms with van der Waals surface area (Å²) in [6, 6.07) is 5.86. The van der Waals surface area contributed by atoms with Crippen LogP contribution in [0.15, 0.2) is 18.2 Å². The van der Waals surface area contributed by atoms with Crippen LogP contribution in [-0.4, -0.2) is 45.0 Å². The van der Waals surface area contributed by atoms with Gasteiger partial charge in [0.15, 0.2) is 0 Å². The molecule has 0 aliphatic carbocycles. The smallest absolute Gasteiger partial charge is 0.128 e. The molecular formula is C12H21N3O2. The molecule has 5 nitrogen and oxygen atoms in total. The zero-order valence-corrected chi connectivity index (χ0v) is 10.5. The lowest BCUT2D eigenvalue weighted by atomic mass is 10.4. The Hall–Kier alpha value is -1.33. The number of anilines is 2. The van der Waals surface area contributed by atoms with Gasteiger partial charge in [-0.15, -0.1) is 0 Å². The number of nitrogens with one attached hydrogen (secondary N) is 2. The first kappa shape index (κ1) is 13.7. The lowest BCUT2D eigenvalue weighted by Gasteiger charge is -2.08. The second-order valence-electron chi connectivity index (χ2n) is 3.47. The highest BCUT2D eigenvalue weighted by Gasteiger charge is 1.95. The molecule has 0 fully saturated rings. The Bertz CT molecular complexity index is 308. The van der Waals surface area contributed by atoms with Crippen molar-refractivity contribution in [3.05, 3.63) is 18.2 Å². The van der Waals surface area contributed by atoms with Gasteiger partial charge in [-0.2, -0.15) is 0 Å². The Balaban J connectivity index is 2.19. The number of methoxy groups -OCH3 is 1. The molecule has 1 aromatic heterocycles. The monoisotopic (exact) mass is 239 g/mol. The second-order valence-corrected chi connectivity index (χ2v) is 3.47. The predicted molar refractivity (Wildman–Crippen MR) is 69.6 cm³/mol. The van der Waals surface area contributed by atoms with Gasteiger partial charge in [-0.05, 0) is 19.1 Å². The Kier molecular flexibility index (Phi) is 7.09. The molecular weight excluding hydrogens is 218 g/mol. The third-order valence-electron chi connectivity index (χ3n) is 2.09. The maximum Gasteiger partial charge on any atom is 0.128 e. The highest BCUT2D eigenvalue weighted by molar-refractivity contribution is 5.44. The van der Waals surface area contributed by atoms with E-state index >= 15 is 0 Å². The highest BCUT2D eigenvalue weighted by Crippen LogP contribution is 2.08. The molecule has 0 saturated heterocycles. The van der Waals surface area contributed by atoms with Crippen LogP contribution in [0.4, 0.5) is 11.6 Å². The van der Waals surface area contributed by atoms with Gasteiger partial charge in [0.2, 0.25) is 0 Å². The topological polar surface area (TPSA) is 55.4 Å². The maximum absolute atomic E-state index is 5.34. The Morgan fingerprint density at radius 1 is 1.12 bits per heavy atom. The molecule has 1 aromatic rings. The van der Waals surface area contributed by atoms with Gasteiger partial charge in [0.25, 0.3) is 0 Å². The molecule has 0 aliphatic rings. The number of rotatable bonds is 9. The summed E-state index contributed by atoms with van der Waals surface area (Å²) in [5.74, 6) is 1.75. The summed E-state index contributed by atoms with van der Waals surface area (Å²) in [4.78, 5) is 4.39. The van der Waals surface area contributed by atoms with Gasteiger partial charge >= 0.3 is 0 Å². The molecule has 0 spiro atoms. The van der Waals surface area contributed by atoms with Crippen LogP contribution in [0.1, 0.15) is 6.92 Å². The van der Waals surface area contributed by atoms with E-state index in [1.54, 1.807) is 7.11 Å². The third kappa shape index (κ3) is 6.09. The summed E-state index contributed by atoms with van der Waals surface area (Å²) in [6.45, 7) is 5.57. The van der Waals surface area contributed by atoms with Gasteiger partial charge in [-0.1, -0.05) is 6.07 Å². The van der Waals surface area contributed by atoms with E-state index in [2.05, 4.69) is 15.6 Å². The lowest BCUT2D eigenvalue weighted by Crippen LogP contribution is -2.13. The van der Waals surface area contributed by atoms with Gasteiger partial charge < -0.3 is 20.1 Å². The fourth-order valence-corrected chi connectivity index (χ4v) is 1.31. The predicted octanol–water partition coefficient (Wildman–Crippen LogP) is 1.59. The number of hydrogen-bond donors (Lipinski definition) is 2. The van der Waals surface area contributed by atoms with Crippen molar-refractivity contribution in [3.8, 4) is 0 Å². The third-order valence-corrected chi connectivity index (χ3v) is 2.09. The van der Waals surface area contributed by atoms with Crippen LogP contribution in [0.5, 0.6) is 0 Å². The lowest BCUT2D eigenvalue weighted by molar-refractivity contribution is 0.0759. The fourth-order valence-electron chi connectivity index (χ4n) is 1.31. The minimum Gasteiger partial charge on any atom is -0.382 e. The summed E-state index contributed by atoms with van der Waals surface area (Å²) in [6.07, 6.45) is 0. The van der Waals surface area contributed by atoms with Crippen molar-refractivity contribution in [2.24, 2.45) is 0 Å². The van der Waals surface area contributed by atoms with E-state index in [4.69, 9.17) is 9.47 Å². The molecule has 0 saturated carbocycles. The molecule has 17 heavy (non-hydrogen) atoms. The molecule has 1 rings (SSSR count). The normalized spacial score (nSPS) is 10.2. The minimum absolute atomic E-state index is 0.628. The van der Waals surface area contributed by atoms with Crippen molar-refractivity contribution in [2.75, 3.05) is 50.7 Å². The molecule has 0 radical (unpaired) electrons. The molecule has 0 unspecified atom stereocenters. The molecule has 2 N–H and O–H groups in total. The zero-order chi connectivity index (χ0) is 12.3. The molecule has 0 aromatic carbocycles. The first-order chi connectivity index (χ1) is 8.36. The summed E-state index contributed by atoms with van der Waals surface area (Å²) < 4.78 is 10.2. The second kappa shape index (κ2) is 8.78. The van der Waals surface area contributed by atoms with Crippen molar-refractivity contribution in [1.82, 2.24) is 4.98 Å². The van der Waals surface area contributed by atoms with Crippen LogP contribution in [0.25, 0.3) is 0 Å².